The Hall–Kier alpha value is -2.34. The van der Waals surface area contributed by atoms with Crippen LogP contribution in [0.2, 0.25) is 0 Å². The van der Waals surface area contributed by atoms with Crippen LogP contribution in [0.1, 0.15) is 52.2 Å². The monoisotopic (exact) mass is 342 g/mol. The van der Waals surface area contributed by atoms with Crippen LogP contribution in [0.4, 0.5) is 0 Å². The van der Waals surface area contributed by atoms with E-state index < -0.39 is 0 Å². The first-order valence-corrected chi connectivity index (χ1v) is 9.74. The first kappa shape index (κ1) is 18.5. The van der Waals surface area contributed by atoms with Crippen LogP contribution < -0.4 is 0 Å². The molecule has 0 fully saturated rings. The Morgan fingerprint density at radius 3 is 2.19 bits per heavy atom. The highest BCUT2D eigenvalue weighted by Crippen LogP contribution is 2.34. The fourth-order valence-electron chi connectivity index (χ4n) is 3.81. The summed E-state index contributed by atoms with van der Waals surface area (Å²) in [7, 11) is 0. The van der Waals surface area contributed by atoms with Gasteiger partial charge >= 0.3 is 0 Å². The molecule has 1 unspecified atom stereocenters. The van der Waals surface area contributed by atoms with Gasteiger partial charge in [0.1, 0.15) is 0 Å². The van der Waals surface area contributed by atoms with E-state index in [1.807, 2.05) is 0 Å². The van der Waals surface area contributed by atoms with Gasteiger partial charge in [0.05, 0.1) is 0 Å². The highest BCUT2D eigenvalue weighted by molar-refractivity contribution is 5.80. The smallest absolute Gasteiger partial charge is 0.00428 e. The first-order valence-electron chi connectivity index (χ1n) is 9.74. The van der Waals surface area contributed by atoms with Crippen LogP contribution >= 0.6 is 0 Å². The van der Waals surface area contributed by atoms with Gasteiger partial charge < -0.3 is 0 Å². The lowest BCUT2D eigenvalue weighted by Gasteiger charge is -2.07. The van der Waals surface area contributed by atoms with Gasteiger partial charge in [0.2, 0.25) is 0 Å². The van der Waals surface area contributed by atoms with Crippen LogP contribution in [0, 0.1) is 5.92 Å². The lowest BCUT2D eigenvalue weighted by Crippen LogP contribution is -1.87. The molecule has 0 aliphatic heterocycles. The molecule has 0 saturated heterocycles. The summed E-state index contributed by atoms with van der Waals surface area (Å²) in [5.74, 6) is 0.685. The molecule has 0 heterocycles. The Bertz CT molecular complexity index is 876. The van der Waals surface area contributed by atoms with Crippen molar-refractivity contribution < 1.29 is 0 Å². The normalized spacial score (nSPS) is 18.1. The summed E-state index contributed by atoms with van der Waals surface area (Å²) in [4.78, 5) is 0. The van der Waals surface area contributed by atoms with Crippen molar-refractivity contribution >= 4 is 6.08 Å². The molecule has 0 nitrogen and oxygen atoms in total. The summed E-state index contributed by atoms with van der Waals surface area (Å²) < 4.78 is 0. The van der Waals surface area contributed by atoms with Crippen molar-refractivity contribution in [1.82, 2.24) is 0 Å². The van der Waals surface area contributed by atoms with Gasteiger partial charge in [-0.25, -0.2) is 0 Å². The van der Waals surface area contributed by atoms with E-state index in [0.29, 0.717) is 5.92 Å². The maximum atomic E-state index is 2.37. The quantitative estimate of drug-likeness (QED) is 0.526. The van der Waals surface area contributed by atoms with Crippen LogP contribution in [0.15, 0.2) is 76.9 Å². The molecule has 4 rings (SSSR count). The van der Waals surface area contributed by atoms with Crippen molar-refractivity contribution in [2.45, 2.75) is 47.5 Å². The van der Waals surface area contributed by atoms with Gasteiger partial charge in [0.25, 0.3) is 0 Å². The molecule has 0 spiro atoms. The van der Waals surface area contributed by atoms with E-state index in [9.17, 15) is 0 Å². The SMILES string of the molecule is CC1=CC(C)C(C)=C1C.CCC1=Cc2c(cccc2-c2ccccc2)C1. The molecule has 0 N–H and O–H groups in total. The van der Waals surface area contributed by atoms with Crippen molar-refractivity contribution in [2.24, 2.45) is 5.92 Å². The minimum Gasteiger partial charge on any atom is -0.0744 e. The Balaban J connectivity index is 0.000000185. The Kier molecular flexibility index (Phi) is 5.61. The van der Waals surface area contributed by atoms with Crippen molar-refractivity contribution in [3.05, 3.63) is 88.0 Å². The zero-order chi connectivity index (χ0) is 18.7. The number of rotatable bonds is 2. The standard InChI is InChI=1S/C17H16.C9H14/c1-2-13-11-15-9-6-10-16(17(15)12-13)14-7-4-3-5-8-14;1-6-5-7(2)9(4)8(6)3/h3-10,12H,2,11H2,1H3;5-6H,1-4H3. The van der Waals surface area contributed by atoms with Gasteiger partial charge in [-0.15, -0.1) is 0 Å². The summed E-state index contributed by atoms with van der Waals surface area (Å²) >= 11 is 0. The predicted molar refractivity (Wildman–Crippen MR) is 115 cm³/mol. The van der Waals surface area contributed by atoms with E-state index in [0.717, 1.165) is 12.8 Å². The van der Waals surface area contributed by atoms with Crippen LogP contribution in [-0.4, -0.2) is 0 Å². The van der Waals surface area contributed by atoms with Crippen molar-refractivity contribution in [1.29, 1.82) is 0 Å². The van der Waals surface area contributed by atoms with Crippen LogP contribution in [-0.2, 0) is 6.42 Å². The molecule has 26 heavy (non-hydrogen) atoms. The zero-order valence-corrected chi connectivity index (χ0v) is 16.8. The largest absolute Gasteiger partial charge is 0.0744 e. The third-order valence-electron chi connectivity index (χ3n) is 5.87. The van der Waals surface area contributed by atoms with Gasteiger partial charge in [0, 0.05) is 0 Å². The lowest BCUT2D eigenvalue weighted by molar-refractivity contribution is 0.875. The Morgan fingerprint density at radius 2 is 1.65 bits per heavy atom. The Morgan fingerprint density at radius 1 is 0.923 bits per heavy atom. The molecular formula is C26H30. The lowest BCUT2D eigenvalue weighted by atomic mass is 9.97. The second-order valence-electron chi connectivity index (χ2n) is 7.52. The molecular weight excluding hydrogens is 312 g/mol. The van der Waals surface area contributed by atoms with E-state index in [1.165, 1.54) is 39.0 Å². The number of benzene rings is 2. The molecule has 0 aromatic heterocycles. The second kappa shape index (κ2) is 7.91. The topological polar surface area (TPSA) is 0 Å². The minimum atomic E-state index is 0.685. The van der Waals surface area contributed by atoms with Crippen molar-refractivity contribution in [2.75, 3.05) is 0 Å². The molecule has 1 atom stereocenters. The molecule has 2 aromatic carbocycles. The molecule has 0 heteroatoms. The first-order chi connectivity index (χ1) is 12.5. The predicted octanol–water partition coefficient (Wildman–Crippen LogP) is 7.62. The number of hydrogen-bond acceptors (Lipinski definition) is 0. The van der Waals surface area contributed by atoms with Gasteiger partial charge in [-0.3, -0.25) is 0 Å². The van der Waals surface area contributed by atoms with Crippen LogP contribution in [0.3, 0.4) is 0 Å². The molecule has 0 radical (unpaired) electrons. The summed E-state index contributed by atoms with van der Waals surface area (Å²) in [6.07, 6.45) is 6.98. The van der Waals surface area contributed by atoms with E-state index in [1.54, 1.807) is 5.57 Å². The number of hydrogen-bond donors (Lipinski definition) is 0. The van der Waals surface area contributed by atoms with Gasteiger partial charge in [-0.1, -0.05) is 91.2 Å². The van der Waals surface area contributed by atoms with Gasteiger partial charge in [-0.05, 0) is 67.4 Å². The fourth-order valence-corrected chi connectivity index (χ4v) is 3.81. The minimum absolute atomic E-state index is 0.685. The summed E-state index contributed by atoms with van der Waals surface area (Å²) in [6.45, 7) is 11.1. The highest BCUT2D eigenvalue weighted by atomic mass is 14.2. The number of fused-ring (bicyclic) bond motifs is 1. The highest BCUT2D eigenvalue weighted by Gasteiger charge is 2.15. The third kappa shape index (κ3) is 3.75. The maximum Gasteiger partial charge on any atom is -0.00428 e. The van der Waals surface area contributed by atoms with Gasteiger partial charge in [0.15, 0.2) is 0 Å². The molecule has 2 aliphatic rings. The van der Waals surface area contributed by atoms with Crippen LogP contribution in [0.25, 0.3) is 17.2 Å². The van der Waals surface area contributed by atoms with Crippen molar-refractivity contribution in [3.8, 4) is 11.1 Å². The molecule has 0 amide bonds. The van der Waals surface area contributed by atoms with E-state index in [4.69, 9.17) is 0 Å². The molecule has 0 bridgehead atoms. The summed E-state index contributed by atoms with van der Waals surface area (Å²) in [5, 5.41) is 0. The van der Waals surface area contributed by atoms with E-state index >= 15 is 0 Å². The van der Waals surface area contributed by atoms with Gasteiger partial charge in [-0.2, -0.15) is 0 Å². The molecule has 2 aromatic rings. The summed E-state index contributed by atoms with van der Waals surface area (Å²) in [6, 6.07) is 17.3. The third-order valence-corrected chi connectivity index (χ3v) is 5.87. The van der Waals surface area contributed by atoms with Crippen LogP contribution in [0.5, 0.6) is 0 Å². The average molecular weight is 343 g/mol. The molecule has 2 aliphatic carbocycles. The van der Waals surface area contributed by atoms with E-state index in [-0.39, 0.29) is 0 Å². The van der Waals surface area contributed by atoms with Crippen molar-refractivity contribution in [3.63, 3.8) is 0 Å². The Labute approximate surface area is 159 Å². The molecule has 134 valence electrons. The number of allylic oxidation sites excluding steroid dienone is 5. The zero-order valence-electron chi connectivity index (χ0n) is 16.8. The average Bonchev–Trinajstić information content (AvgIpc) is 3.19. The summed E-state index contributed by atoms with van der Waals surface area (Å²) in [5.41, 5.74) is 11.6. The second-order valence-corrected chi connectivity index (χ2v) is 7.52. The van der Waals surface area contributed by atoms with E-state index in [2.05, 4.69) is 95.3 Å². The fraction of sp³-hybridized carbons (Fsp3) is 0.308. The molecule has 0 saturated carbocycles. The maximum absolute atomic E-state index is 2.37.